The van der Waals surface area contributed by atoms with Crippen molar-refractivity contribution in [3.05, 3.63) is 72.3 Å². The van der Waals surface area contributed by atoms with Crippen LogP contribution in [0.15, 0.2) is 66.7 Å². The Morgan fingerprint density at radius 2 is 1.78 bits per heavy atom. The van der Waals surface area contributed by atoms with Crippen molar-refractivity contribution in [1.82, 2.24) is 5.32 Å². The number of methoxy groups -OCH3 is 1. The minimum Gasteiger partial charge on any atom is -0.497 e. The van der Waals surface area contributed by atoms with E-state index in [1.54, 1.807) is 14.0 Å². The van der Waals surface area contributed by atoms with Crippen molar-refractivity contribution in [2.24, 2.45) is 0 Å². The first-order chi connectivity index (χ1) is 13.2. The maximum Gasteiger partial charge on any atom is 0.260 e. The van der Waals surface area contributed by atoms with Gasteiger partial charge in [-0.3, -0.25) is 4.79 Å². The summed E-state index contributed by atoms with van der Waals surface area (Å²) in [5.41, 5.74) is 1.20. The summed E-state index contributed by atoms with van der Waals surface area (Å²) in [5.74, 6) is 1.45. The molecule has 3 aromatic carbocycles. The third-order valence-electron chi connectivity index (χ3n) is 4.48. The molecule has 0 fully saturated rings. The first-order valence-electron chi connectivity index (χ1n) is 9.22. The van der Waals surface area contributed by atoms with Gasteiger partial charge in [0.2, 0.25) is 0 Å². The van der Waals surface area contributed by atoms with E-state index in [0.29, 0.717) is 12.3 Å². The molecular weight excluding hydrogens is 338 g/mol. The molecule has 1 amide bonds. The highest BCUT2D eigenvalue weighted by Crippen LogP contribution is 2.21. The maximum atomic E-state index is 12.3. The van der Waals surface area contributed by atoms with E-state index in [1.807, 2.05) is 54.6 Å². The fourth-order valence-electron chi connectivity index (χ4n) is 2.97. The average molecular weight is 363 g/mol. The molecule has 3 aromatic rings. The van der Waals surface area contributed by atoms with Crippen LogP contribution >= 0.6 is 0 Å². The molecule has 0 saturated carbocycles. The molecule has 0 heterocycles. The van der Waals surface area contributed by atoms with Crippen LogP contribution in [0.4, 0.5) is 0 Å². The number of benzene rings is 3. The van der Waals surface area contributed by atoms with E-state index in [-0.39, 0.29) is 5.91 Å². The number of carbonyl (C=O) groups is 1. The van der Waals surface area contributed by atoms with E-state index in [1.165, 1.54) is 5.56 Å². The van der Waals surface area contributed by atoms with Gasteiger partial charge in [0.05, 0.1) is 7.11 Å². The van der Waals surface area contributed by atoms with Crippen molar-refractivity contribution in [3.8, 4) is 11.5 Å². The molecule has 3 rings (SSSR count). The van der Waals surface area contributed by atoms with Crippen LogP contribution in [0.3, 0.4) is 0 Å². The minimum absolute atomic E-state index is 0.103. The average Bonchev–Trinajstić information content (AvgIpc) is 2.71. The molecule has 0 aliphatic carbocycles. The summed E-state index contributed by atoms with van der Waals surface area (Å²) in [6.45, 7) is 2.38. The van der Waals surface area contributed by atoms with Crippen LogP contribution in [-0.2, 0) is 11.2 Å². The Bertz CT molecular complexity index is 907. The Morgan fingerprint density at radius 3 is 2.59 bits per heavy atom. The molecule has 0 radical (unpaired) electrons. The zero-order valence-corrected chi connectivity index (χ0v) is 15.8. The second-order valence-electron chi connectivity index (χ2n) is 6.52. The molecule has 0 aromatic heterocycles. The summed E-state index contributed by atoms with van der Waals surface area (Å²) in [4.78, 5) is 12.3. The Morgan fingerprint density at radius 1 is 0.963 bits per heavy atom. The quantitative estimate of drug-likeness (QED) is 0.605. The predicted molar refractivity (Wildman–Crippen MR) is 108 cm³/mol. The Kier molecular flexibility index (Phi) is 6.31. The molecule has 1 atom stereocenters. The molecule has 0 aliphatic heterocycles. The van der Waals surface area contributed by atoms with Crippen molar-refractivity contribution in [2.75, 3.05) is 13.7 Å². The van der Waals surface area contributed by atoms with E-state index in [2.05, 4.69) is 17.4 Å². The first kappa shape index (κ1) is 18.8. The van der Waals surface area contributed by atoms with Crippen LogP contribution < -0.4 is 14.8 Å². The van der Waals surface area contributed by atoms with Crippen molar-refractivity contribution >= 4 is 16.7 Å². The van der Waals surface area contributed by atoms with Gasteiger partial charge in [-0.2, -0.15) is 0 Å². The van der Waals surface area contributed by atoms with Crippen LogP contribution in [-0.4, -0.2) is 25.7 Å². The molecule has 0 saturated heterocycles. The third-order valence-corrected chi connectivity index (χ3v) is 4.48. The van der Waals surface area contributed by atoms with Gasteiger partial charge in [0.1, 0.15) is 11.5 Å². The lowest BCUT2D eigenvalue weighted by Gasteiger charge is -2.15. The molecule has 1 N–H and O–H groups in total. The normalized spacial score (nSPS) is 11.8. The topological polar surface area (TPSA) is 47.6 Å². The number of hydrogen-bond acceptors (Lipinski definition) is 3. The smallest absolute Gasteiger partial charge is 0.260 e. The summed E-state index contributed by atoms with van der Waals surface area (Å²) in [7, 11) is 1.66. The van der Waals surface area contributed by atoms with Gasteiger partial charge >= 0.3 is 0 Å². The van der Waals surface area contributed by atoms with E-state index >= 15 is 0 Å². The van der Waals surface area contributed by atoms with Crippen LogP contribution in [0.1, 0.15) is 18.9 Å². The van der Waals surface area contributed by atoms with Gasteiger partial charge in [-0.05, 0) is 60.4 Å². The van der Waals surface area contributed by atoms with Crippen LogP contribution in [0.25, 0.3) is 10.8 Å². The number of hydrogen-bond donors (Lipinski definition) is 1. The number of fused-ring (bicyclic) bond motifs is 1. The van der Waals surface area contributed by atoms with Crippen molar-refractivity contribution < 1.29 is 14.3 Å². The summed E-state index contributed by atoms with van der Waals surface area (Å²) in [6.07, 6.45) is 1.21. The van der Waals surface area contributed by atoms with Crippen molar-refractivity contribution in [2.45, 2.75) is 25.9 Å². The molecular formula is C23H25NO3. The van der Waals surface area contributed by atoms with Crippen LogP contribution in [0.2, 0.25) is 0 Å². The zero-order valence-electron chi connectivity index (χ0n) is 15.8. The molecule has 0 bridgehead atoms. The largest absolute Gasteiger partial charge is 0.497 e. The van der Waals surface area contributed by atoms with E-state index in [0.717, 1.165) is 29.4 Å². The minimum atomic E-state index is -0.539. The highest BCUT2D eigenvalue weighted by atomic mass is 16.5. The number of aryl methyl sites for hydroxylation is 1. The molecule has 4 nitrogen and oxygen atoms in total. The number of nitrogens with one attached hydrogen (secondary N) is 1. The summed E-state index contributed by atoms with van der Waals surface area (Å²) < 4.78 is 11.0. The lowest BCUT2D eigenvalue weighted by atomic mass is 10.1. The van der Waals surface area contributed by atoms with E-state index in [4.69, 9.17) is 9.47 Å². The number of amides is 1. The van der Waals surface area contributed by atoms with Crippen molar-refractivity contribution in [3.63, 3.8) is 0 Å². The molecule has 27 heavy (non-hydrogen) atoms. The third kappa shape index (κ3) is 5.23. The summed E-state index contributed by atoms with van der Waals surface area (Å²) in [6, 6.07) is 21.9. The number of ether oxygens (including phenoxy) is 2. The second-order valence-corrected chi connectivity index (χ2v) is 6.52. The second kappa shape index (κ2) is 9.08. The molecule has 0 spiro atoms. The molecule has 0 aliphatic rings. The van der Waals surface area contributed by atoms with Gasteiger partial charge in [-0.25, -0.2) is 0 Å². The van der Waals surface area contributed by atoms with Gasteiger partial charge in [-0.1, -0.05) is 42.5 Å². The van der Waals surface area contributed by atoms with Crippen LogP contribution in [0.5, 0.6) is 11.5 Å². The summed E-state index contributed by atoms with van der Waals surface area (Å²) in [5, 5.41) is 5.19. The SMILES string of the molecule is COc1cccc(CCCNC(=O)C(C)Oc2ccc3ccccc3c2)c1. The van der Waals surface area contributed by atoms with Gasteiger partial charge in [0.25, 0.3) is 5.91 Å². The van der Waals surface area contributed by atoms with Gasteiger partial charge in [0.15, 0.2) is 6.10 Å². The molecule has 4 heteroatoms. The van der Waals surface area contributed by atoms with E-state index in [9.17, 15) is 4.79 Å². The predicted octanol–water partition coefficient (Wildman–Crippen LogP) is 4.36. The molecule has 1 unspecified atom stereocenters. The monoisotopic (exact) mass is 363 g/mol. The Hall–Kier alpha value is -3.01. The highest BCUT2D eigenvalue weighted by Gasteiger charge is 2.14. The molecule has 140 valence electrons. The van der Waals surface area contributed by atoms with Gasteiger partial charge in [0, 0.05) is 6.54 Å². The number of carbonyl (C=O) groups excluding carboxylic acids is 1. The van der Waals surface area contributed by atoms with Crippen molar-refractivity contribution in [1.29, 1.82) is 0 Å². The number of rotatable bonds is 8. The van der Waals surface area contributed by atoms with Crippen LogP contribution in [0, 0.1) is 0 Å². The van der Waals surface area contributed by atoms with Gasteiger partial charge in [-0.15, -0.1) is 0 Å². The zero-order chi connectivity index (χ0) is 19.1. The fourth-order valence-corrected chi connectivity index (χ4v) is 2.97. The fraction of sp³-hybridized carbons (Fsp3) is 0.261. The van der Waals surface area contributed by atoms with Gasteiger partial charge < -0.3 is 14.8 Å². The lowest BCUT2D eigenvalue weighted by Crippen LogP contribution is -2.36. The Balaban J connectivity index is 1.45. The standard InChI is InChI=1S/C23H25NO3/c1-17(27-22-13-12-19-9-3-4-10-20(19)16-22)23(25)24-14-6-8-18-7-5-11-21(15-18)26-2/h3-5,7,9-13,15-17H,6,8,14H2,1-2H3,(H,24,25). The maximum absolute atomic E-state index is 12.3. The first-order valence-corrected chi connectivity index (χ1v) is 9.22. The summed E-state index contributed by atoms with van der Waals surface area (Å²) >= 11 is 0. The van der Waals surface area contributed by atoms with E-state index < -0.39 is 6.10 Å². The highest BCUT2D eigenvalue weighted by molar-refractivity contribution is 5.84. The Labute approximate surface area is 160 Å². The lowest BCUT2D eigenvalue weighted by molar-refractivity contribution is -0.127.